The van der Waals surface area contributed by atoms with Crippen molar-refractivity contribution in [3.8, 4) is 0 Å². The van der Waals surface area contributed by atoms with Crippen LogP contribution in [-0.4, -0.2) is 43.3 Å². The number of benzene rings is 1. The lowest BCUT2D eigenvalue weighted by molar-refractivity contribution is -0.145. The number of rotatable bonds is 19. The van der Waals surface area contributed by atoms with Gasteiger partial charge in [0.1, 0.15) is 20.8 Å². The summed E-state index contributed by atoms with van der Waals surface area (Å²) in [6.07, 6.45) is 13.1. The van der Waals surface area contributed by atoms with E-state index in [1.165, 1.54) is 14.2 Å². The van der Waals surface area contributed by atoms with Crippen LogP contribution in [0.3, 0.4) is 0 Å². The largest absolute Gasteiger partial charge is 0.461 e. The molecule has 0 spiro atoms. The van der Waals surface area contributed by atoms with Gasteiger partial charge in [-0.15, -0.1) is 0 Å². The summed E-state index contributed by atoms with van der Waals surface area (Å²) in [6.45, 7) is 2.82. The zero-order valence-electron chi connectivity index (χ0n) is 23.8. The molecule has 0 fully saturated rings. The minimum absolute atomic E-state index is 0.130. The summed E-state index contributed by atoms with van der Waals surface area (Å²) >= 11 is 0. The maximum atomic E-state index is 13.7. The molecule has 41 heavy (non-hydrogen) atoms. The van der Waals surface area contributed by atoms with Gasteiger partial charge in [-0.2, -0.15) is 0 Å². The third-order valence-electron chi connectivity index (χ3n) is 6.22. The van der Waals surface area contributed by atoms with Crippen molar-refractivity contribution < 1.29 is 46.3 Å². The lowest BCUT2D eigenvalue weighted by Crippen LogP contribution is -2.22. The van der Waals surface area contributed by atoms with Crippen molar-refractivity contribution in [1.82, 2.24) is 0 Å². The molecular formula is C29H39F5N2O5. The minimum atomic E-state index is -2.28. The molecule has 0 saturated heterocycles. The molecule has 0 aliphatic heterocycles. The normalized spacial score (nSPS) is 14.6. The second-order valence-corrected chi connectivity index (χ2v) is 9.29. The van der Waals surface area contributed by atoms with Crippen LogP contribution >= 0.6 is 0 Å². The fraction of sp³-hybridized carbons (Fsp3) is 0.552. The van der Waals surface area contributed by atoms with E-state index in [1.54, 1.807) is 12.3 Å². The van der Waals surface area contributed by atoms with Crippen LogP contribution in [0.2, 0.25) is 0 Å². The van der Waals surface area contributed by atoms with Gasteiger partial charge in [0, 0.05) is 18.3 Å². The molecule has 1 rings (SSSR count). The van der Waals surface area contributed by atoms with Crippen LogP contribution in [0.5, 0.6) is 0 Å². The summed E-state index contributed by atoms with van der Waals surface area (Å²) in [5, 5.41) is 18.3. The highest BCUT2D eigenvalue weighted by atomic mass is 19.2. The molecule has 0 bridgehead atoms. The number of oxime groups is 2. The first-order chi connectivity index (χ1) is 19.6. The van der Waals surface area contributed by atoms with Gasteiger partial charge in [-0.05, 0) is 32.6 Å². The molecule has 0 aliphatic carbocycles. The summed E-state index contributed by atoms with van der Waals surface area (Å²) in [7, 11) is 2.86. The van der Waals surface area contributed by atoms with Gasteiger partial charge >= 0.3 is 5.97 Å². The van der Waals surface area contributed by atoms with Crippen LogP contribution in [0.15, 0.2) is 34.6 Å². The van der Waals surface area contributed by atoms with E-state index in [-0.39, 0.29) is 18.3 Å². The molecule has 1 aromatic carbocycles. The average Bonchev–Trinajstić information content (AvgIpc) is 2.95. The number of unbranched alkanes of at least 4 members (excludes halogenated alkanes) is 3. The van der Waals surface area contributed by atoms with Gasteiger partial charge in [0.2, 0.25) is 5.82 Å². The number of nitrogens with zero attached hydrogens (tertiary/aromatic N) is 2. The first kappa shape index (κ1) is 35.7. The van der Waals surface area contributed by atoms with Crippen LogP contribution in [-0.2, 0) is 25.8 Å². The van der Waals surface area contributed by atoms with E-state index in [2.05, 4.69) is 17.2 Å². The molecule has 3 atom stereocenters. The molecule has 0 saturated carbocycles. The van der Waals surface area contributed by atoms with Crippen molar-refractivity contribution in [2.24, 2.45) is 22.1 Å². The molecule has 0 heterocycles. The summed E-state index contributed by atoms with van der Waals surface area (Å²) in [5.74, 6) is -11.8. The van der Waals surface area contributed by atoms with Crippen LogP contribution in [0.1, 0.15) is 70.8 Å². The van der Waals surface area contributed by atoms with E-state index in [9.17, 15) is 31.9 Å². The number of allylic oxidation sites excluding steroid dienone is 3. The number of hydrogen-bond acceptors (Lipinski definition) is 7. The molecule has 1 N–H and O–H groups in total. The number of ether oxygens (including phenoxy) is 1. The van der Waals surface area contributed by atoms with E-state index >= 15 is 0 Å². The lowest BCUT2D eigenvalue weighted by Gasteiger charge is -2.20. The van der Waals surface area contributed by atoms with Gasteiger partial charge in [0.25, 0.3) is 0 Å². The highest BCUT2D eigenvalue weighted by molar-refractivity contribution is 5.87. The number of hydrogen-bond donors (Lipinski definition) is 1. The molecule has 7 nitrogen and oxygen atoms in total. The monoisotopic (exact) mass is 590 g/mol. The number of esters is 1. The quantitative estimate of drug-likeness (QED) is 0.0276. The third kappa shape index (κ3) is 12.4. The van der Waals surface area contributed by atoms with E-state index in [1.807, 2.05) is 25.2 Å². The van der Waals surface area contributed by atoms with Gasteiger partial charge in [-0.3, -0.25) is 4.79 Å². The van der Waals surface area contributed by atoms with Crippen LogP contribution < -0.4 is 0 Å². The first-order valence-corrected chi connectivity index (χ1v) is 13.4. The Bertz CT molecular complexity index is 1050. The van der Waals surface area contributed by atoms with Crippen molar-refractivity contribution in [2.45, 2.75) is 77.9 Å². The average molecular weight is 591 g/mol. The zero-order chi connectivity index (χ0) is 30.8. The zero-order valence-corrected chi connectivity index (χ0v) is 23.8. The number of carbonyl (C=O) groups excluding carboxylic acids is 1. The number of aliphatic hydroxyl groups excluding tert-OH is 1. The van der Waals surface area contributed by atoms with Crippen molar-refractivity contribution in [1.29, 1.82) is 0 Å². The van der Waals surface area contributed by atoms with Gasteiger partial charge < -0.3 is 19.5 Å². The molecule has 0 aromatic heterocycles. The predicted octanol–water partition coefficient (Wildman–Crippen LogP) is 6.93. The Hall–Kier alpha value is -3.28. The van der Waals surface area contributed by atoms with Gasteiger partial charge in [-0.1, -0.05) is 60.8 Å². The Kier molecular flexibility index (Phi) is 17.2. The Morgan fingerprint density at radius 1 is 0.927 bits per heavy atom. The summed E-state index contributed by atoms with van der Waals surface area (Å²) in [6, 6.07) is 0. The predicted molar refractivity (Wildman–Crippen MR) is 146 cm³/mol. The number of carbonyl (C=O) groups is 1. The minimum Gasteiger partial charge on any atom is -0.461 e. The summed E-state index contributed by atoms with van der Waals surface area (Å²) in [5.41, 5.74) is -0.519. The standard InChI is InChI=1S/C29H39F5N2O5/c1-5-6-9-12-21(37)16-15-20(17-35-39-3)22(19(2)36-40-4)13-10-7-8-11-14-24(38)41-18-23-25(30)27(32)29(34)28(33)26(23)31/h7,10,15-17,20-22,37H,5-6,8-9,11-14,18H2,1-4H3/b10-7-,16-15+,35-17+,36-19-/t20-,21+,22-/m0/s1. The summed E-state index contributed by atoms with van der Waals surface area (Å²) < 4.78 is 71.9. The Morgan fingerprint density at radius 3 is 2.20 bits per heavy atom. The summed E-state index contributed by atoms with van der Waals surface area (Å²) in [4.78, 5) is 21.7. The first-order valence-electron chi connectivity index (χ1n) is 13.4. The van der Waals surface area contributed by atoms with Crippen molar-refractivity contribution in [3.05, 3.63) is 59.0 Å². The van der Waals surface area contributed by atoms with Gasteiger partial charge in [0.05, 0.1) is 23.6 Å². The van der Waals surface area contributed by atoms with Crippen LogP contribution in [0, 0.1) is 40.9 Å². The maximum absolute atomic E-state index is 13.7. The smallest absolute Gasteiger partial charge is 0.306 e. The second-order valence-electron chi connectivity index (χ2n) is 9.29. The van der Waals surface area contributed by atoms with E-state index in [0.717, 1.165) is 19.3 Å². The van der Waals surface area contributed by atoms with Gasteiger partial charge in [-0.25, -0.2) is 22.0 Å². The van der Waals surface area contributed by atoms with E-state index in [0.29, 0.717) is 31.4 Å². The van der Waals surface area contributed by atoms with E-state index < -0.39 is 53.3 Å². The molecule has 12 heteroatoms. The number of aliphatic hydroxyl groups is 1. The fourth-order valence-electron chi connectivity index (χ4n) is 3.92. The van der Waals surface area contributed by atoms with Crippen LogP contribution in [0.25, 0.3) is 0 Å². The lowest BCUT2D eigenvalue weighted by atomic mass is 9.85. The van der Waals surface area contributed by atoms with Crippen LogP contribution in [0.4, 0.5) is 22.0 Å². The van der Waals surface area contributed by atoms with Crippen molar-refractivity contribution in [3.63, 3.8) is 0 Å². The molecule has 0 radical (unpaired) electrons. The highest BCUT2D eigenvalue weighted by Crippen LogP contribution is 2.24. The van der Waals surface area contributed by atoms with Crippen molar-refractivity contribution in [2.75, 3.05) is 14.2 Å². The molecule has 1 aromatic rings. The highest BCUT2D eigenvalue weighted by Gasteiger charge is 2.26. The molecule has 0 aliphatic rings. The topological polar surface area (TPSA) is 89.7 Å². The Morgan fingerprint density at radius 2 is 1.59 bits per heavy atom. The molecule has 230 valence electrons. The SMILES string of the molecule is CCCCC[C@@H](O)/C=C/[C@@H](/C=N/OC)[C@@H](C/C=C\CCCC(=O)OCc1c(F)c(F)c(F)c(F)c1F)/C(C)=N\OC. The Balaban J connectivity index is 2.73. The van der Waals surface area contributed by atoms with Gasteiger partial charge in [0.15, 0.2) is 23.3 Å². The number of halogens is 5. The third-order valence-corrected chi connectivity index (χ3v) is 6.22. The fourth-order valence-corrected chi connectivity index (χ4v) is 3.92. The van der Waals surface area contributed by atoms with Crippen molar-refractivity contribution >= 4 is 17.9 Å². The maximum Gasteiger partial charge on any atom is 0.306 e. The molecule has 0 unspecified atom stereocenters. The molecular weight excluding hydrogens is 551 g/mol. The Labute approximate surface area is 237 Å². The molecule has 0 amide bonds. The second kappa shape index (κ2) is 19.7. The van der Waals surface area contributed by atoms with E-state index in [4.69, 9.17) is 14.4 Å².